The average Bonchev–Trinajstić information content (AvgIpc) is 2.94. The van der Waals surface area contributed by atoms with Gasteiger partial charge < -0.3 is 31.7 Å². The number of carbonyl (C=O) groups is 2. The summed E-state index contributed by atoms with van der Waals surface area (Å²) in [5, 5.41) is 11.9. The van der Waals surface area contributed by atoms with Crippen LogP contribution in [0.1, 0.15) is 34.3 Å². The van der Waals surface area contributed by atoms with Crippen LogP contribution in [0.2, 0.25) is 0 Å². The number of pyridine rings is 1. The molecular weight excluding hydrogens is 551 g/mol. The Bertz CT molecular complexity index is 1380. The molecule has 1 atom stereocenters. The van der Waals surface area contributed by atoms with Gasteiger partial charge >= 0.3 is 6.18 Å². The van der Waals surface area contributed by atoms with E-state index in [0.717, 1.165) is 31.2 Å². The quantitative estimate of drug-likeness (QED) is 0.386. The van der Waals surface area contributed by atoms with Crippen molar-refractivity contribution in [2.24, 2.45) is 22.4 Å². The highest BCUT2D eigenvalue weighted by molar-refractivity contribution is 6.30. The Morgan fingerprint density at radius 1 is 1.18 bits per heavy atom. The number of carbonyl (C=O) groups excluding carboxylic acids is 2. The van der Waals surface area contributed by atoms with Crippen LogP contribution in [0.15, 0.2) is 64.6 Å². The summed E-state index contributed by atoms with van der Waals surface area (Å²) >= 11 is 6.49. The molecule has 1 aromatic heterocycles. The van der Waals surface area contributed by atoms with Crippen molar-refractivity contribution in [3.8, 4) is 0 Å². The van der Waals surface area contributed by atoms with E-state index in [4.69, 9.17) is 23.1 Å². The van der Waals surface area contributed by atoms with Gasteiger partial charge in [-0.05, 0) is 48.6 Å². The third-order valence-electron chi connectivity index (χ3n) is 6.57. The highest BCUT2D eigenvalue weighted by atomic mass is 35.5. The van der Waals surface area contributed by atoms with Gasteiger partial charge in [0.15, 0.2) is 0 Å². The zero-order chi connectivity index (χ0) is 29.0. The van der Waals surface area contributed by atoms with Gasteiger partial charge in [0, 0.05) is 31.4 Å². The summed E-state index contributed by atoms with van der Waals surface area (Å²) in [6.07, 6.45) is -0.611. The van der Waals surface area contributed by atoms with Crippen LogP contribution in [-0.4, -0.2) is 63.8 Å². The van der Waals surface area contributed by atoms with E-state index in [2.05, 4.69) is 15.3 Å². The molecule has 2 aliphatic heterocycles. The lowest BCUT2D eigenvalue weighted by Crippen LogP contribution is -2.45. The van der Waals surface area contributed by atoms with Crippen molar-refractivity contribution in [3.05, 3.63) is 76.3 Å². The molecule has 212 valence electrons. The second-order valence-corrected chi connectivity index (χ2v) is 9.69. The number of amidine groups is 1. The number of hydrogen-bond donors (Lipinski definition) is 4. The van der Waals surface area contributed by atoms with Gasteiger partial charge in [0.25, 0.3) is 5.91 Å². The lowest BCUT2D eigenvalue weighted by molar-refractivity contribution is -0.137. The molecule has 2 amide bonds. The Morgan fingerprint density at radius 2 is 1.88 bits per heavy atom. The summed E-state index contributed by atoms with van der Waals surface area (Å²) in [6.45, 7) is 0.840. The van der Waals surface area contributed by atoms with Crippen molar-refractivity contribution in [2.45, 2.75) is 19.0 Å². The monoisotopic (exact) mass is 577 g/mol. The molecule has 40 heavy (non-hydrogen) atoms. The second-order valence-electron chi connectivity index (χ2n) is 9.30. The molecule has 0 bridgehead atoms. The van der Waals surface area contributed by atoms with E-state index in [-0.39, 0.29) is 39.9 Å². The third-order valence-corrected chi connectivity index (χ3v) is 6.87. The van der Waals surface area contributed by atoms with Gasteiger partial charge in [0.2, 0.25) is 5.91 Å². The smallest absolute Gasteiger partial charge is 0.396 e. The largest absolute Gasteiger partial charge is 0.416 e. The molecule has 2 aromatic rings. The van der Waals surface area contributed by atoms with E-state index in [1.54, 1.807) is 21.9 Å². The van der Waals surface area contributed by atoms with E-state index >= 15 is 0 Å². The van der Waals surface area contributed by atoms with Crippen LogP contribution in [0.4, 0.5) is 19.0 Å². The van der Waals surface area contributed by atoms with Crippen molar-refractivity contribution in [2.75, 3.05) is 31.6 Å². The number of halogens is 4. The Morgan fingerprint density at radius 3 is 2.55 bits per heavy atom. The summed E-state index contributed by atoms with van der Waals surface area (Å²) in [5.41, 5.74) is 13.0. The third kappa shape index (κ3) is 6.54. The maximum atomic E-state index is 13.0. The fourth-order valence-corrected chi connectivity index (χ4v) is 4.76. The number of aliphatic hydroxyl groups excluding tert-OH is 1. The predicted octanol–water partition coefficient (Wildman–Crippen LogP) is 2.92. The first kappa shape index (κ1) is 28.9. The SMILES string of the molecule is NC1=NC=C(Cl)N(C[C@@H]2CCCN(C(=O)CO)C2)/C1=C(\N)c1ccc(C(=O)Nc2cc(C(F)(F)F)ccn2)cc1. The number of nitrogens with two attached hydrogens (primary N) is 2. The minimum absolute atomic E-state index is 0.0237. The first-order valence-corrected chi connectivity index (χ1v) is 12.7. The standard InChI is InChI=1S/C26H27ClF3N7O3/c27-19-11-34-24(32)23(37(19)13-15-2-1-9-36(12-15)21(39)14-38)22(31)16-3-5-17(6-4-16)25(40)35-20-10-18(7-8-33-20)26(28,29)30/h3-8,10-11,15,38H,1-2,9,12-14,31H2,(H2,32,34)(H,33,35,40)/b23-22-/t15-/m1/s1. The van der Waals surface area contributed by atoms with Crippen LogP contribution in [0.3, 0.4) is 0 Å². The number of aliphatic imine (C=N–C) groups is 1. The number of likely N-dealkylation sites (tertiary alicyclic amines) is 1. The van der Waals surface area contributed by atoms with Gasteiger partial charge in [-0.3, -0.25) is 9.59 Å². The summed E-state index contributed by atoms with van der Waals surface area (Å²) in [5.74, 6) is -1.09. The van der Waals surface area contributed by atoms with Gasteiger partial charge in [-0.1, -0.05) is 23.7 Å². The Kier molecular flexibility index (Phi) is 8.64. The molecule has 2 aliphatic rings. The molecular formula is C26H27ClF3N7O3. The molecule has 0 unspecified atom stereocenters. The summed E-state index contributed by atoms with van der Waals surface area (Å²) in [4.78, 5) is 35.9. The molecule has 4 rings (SSSR count). The molecule has 1 fully saturated rings. The van der Waals surface area contributed by atoms with Crippen LogP contribution in [-0.2, 0) is 11.0 Å². The van der Waals surface area contributed by atoms with Crippen molar-refractivity contribution < 1.29 is 27.9 Å². The Balaban J connectivity index is 1.53. The first-order valence-electron chi connectivity index (χ1n) is 12.3. The van der Waals surface area contributed by atoms with Gasteiger partial charge in [0.05, 0.1) is 17.5 Å². The predicted molar refractivity (Wildman–Crippen MR) is 143 cm³/mol. The molecule has 0 aliphatic carbocycles. The number of alkyl halides is 3. The number of nitrogens with zero attached hydrogens (tertiary/aromatic N) is 4. The molecule has 0 spiro atoms. The maximum absolute atomic E-state index is 13.0. The number of rotatable bonds is 6. The molecule has 14 heteroatoms. The van der Waals surface area contributed by atoms with Crippen LogP contribution in [0.5, 0.6) is 0 Å². The maximum Gasteiger partial charge on any atom is 0.416 e. The molecule has 10 nitrogen and oxygen atoms in total. The highest BCUT2D eigenvalue weighted by Gasteiger charge is 2.31. The van der Waals surface area contributed by atoms with Crippen LogP contribution < -0.4 is 16.8 Å². The molecule has 3 heterocycles. The number of anilines is 1. The Hall–Kier alpha value is -4.10. The molecule has 1 saturated heterocycles. The zero-order valence-electron chi connectivity index (χ0n) is 21.2. The first-order chi connectivity index (χ1) is 19.0. The molecule has 0 radical (unpaired) electrons. The van der Waals surface area contributed by atoms with Crippen molar-refractivity contribution in [1.29, 1.82) is 0 Å². The minimum Gasteiger partial charge on any atom is -0.396 e. The summed E-state index contributed by atoms with van der Waals surface area (Å²) in [7, 11) is 0. The van der Waals surface area contributed by atoms with E-state index in [0.29, 0.717) is 30.9 Å². The molecule has 0 saturated carbocycles. The van der Waals surface area contributed by atoms with Gasteiger partial charge in [-0.15, -0.1) is 0 Å². The average molecular weight is 578 g/mol. The summed E-state index contributed by atoms with van der Waals surface area (Å²) in [6, 6.07) is 7.61. The van der Waals surface area contributed by atoms with Crippen molar-refractivity contribution >= 4 is 40.8 Å². The van der Waals surface area contributed by atoms with Crippen LogP contribution in [0.25, 0.3) is 5.70 Å². The number of aliphatic hydroxyl groups is 1. The second kappa shape index (κ2) is 12.0. The number of nitrogens with one attached hydrogen (secondary N) is 1. The van der Waals surface area contributed by atoms with Crippen LogP contribution >= 0.6 is 11.6 Å². The zero-order valence-corrected chi connectivity index (χ0v) is 21.9. The Labute approximate surface area is 232 Å². The number of piperidine rings is 1. The van der Waals surface area contributed by atoms with Crippen molar-refractivity contribution in [1.82, 2.24) is 14.8 Å². The van der Waals surface area contributed by atoms with Gasteiger partial charge in [-0.2, -0.15) is 13.2 Å². The fourth-order valence-electron chi connectivity index (χ4n) is 4.56. The fraction of sp³-hybridized carbons (Fsp3) is 0.308. The normalized spacial score (nSPS) is 19.1. The lowest BCUT2D eigenvalue weighted by Gasteiger charge is -2.37. The molecule has 6 N–H and O–H groups in total. The minimum atomic E-state index is -4.57. The van der Waals surface area contributed by atoms with E-state index in [9.17, 15) is 27.9 Å². The lowest BCUT2D eigenvalue weighted by atomic mass is 9.96. The van der Waals surface area contributed by atoms with Gasteiger partial charge in [-0.25, -0.2) is 9.98 Å². The number of aromatic nitrogens is 1. The molecule has 1 aromatic carbocycles. The van der Waals surface area contributed by atoms with E-state index < -0.39 is 24.3 Å². The highest BCUT2D eigenvalue weighted by Crippen LogP contribution is 2.31. The van der Waals surface area contributed by atoms with Crippen LogP contribution in [0, 0.1) is 5.92 Å². The topological polar surface area (TPSA) is 150 Å². The number of benzene rings is 1. The number of amides is 2. The summed E-state index contributed by atoms with van der Waals surface area (Å²) < 4.78 is 38.9. The van der Waals surface area contributed by atoms with Gasteiger partial charge in [0.1, 0.15) is 29.1 Å². The number of hydrogen-bond acceptors (Lipinski definition) is 8. The van der Waals surface area contributed by atoms with Crippen molar-refractivity contribution in [3.63, 3.8) is 0 Å². The van der Waals surface area contributed by atoms with E-state index in [1.807, 2.05) is 0 Å². The van der Waals surface area contributed by atoms with E-state index in [1.165, 1.54) is 18.3 Å².